The zero-order valence-electron chi connectivity index (χ0n) is 18.9. The molecule has 1 saturated heterocycles. The van der Waals surface area contributed by atoms with Crippen LogP contribution in [-0.2, 0) is 0 Å². The molecule has 0 spiro atoms. The maximum absolute atomic E-state index is 9.68. The molecule has 0 saturated carbocycles. The second kappa shape index (κ2) is 8.93. The Balaban J connectivity index is 1.43. The molecule has 0 bridgehead atoms. The number of hydrogen-bond donors (Lipinski definition) is 0. The summed E-state index contributed by atoms with van der Waals surface area (Å²) in [4.78, 5) is 6.97. The Morgan fingerprint density at radius 1 is 0.794 bits per heavy atom. The van der Waals surface area contributed by atoms with Gasteiger partial charge < -0.3 is 4.90 Å². The predicted molar refractivity (Wildman–Crippen MR) is 143 cm³/mol. The maximum atomic E-state index is 9.68. The SMILES string of the molecule is N#CC1C=CN=CC1c1cccc(N2C3C=CC=CC3[SiH](c3ccccc3)C3C=CC=CC32)c1. The average molecular weight is 458 g/mol. The van der Waals surface area contributed by atoms with Crippen molar-refractivity contribution in [3.05, 3.63) is 121 Å². The largest absolute Gasteiger partial charge is 0.358 e. The first kappa shape index (κ1) is 20.9. The van der Waals surface area contributed by atoms with Gasteiger partial charge in [-0.05, 0) is 34.9 Å². The molecular weight excluding hydrogens is 430 g/mol. The van der Waals surface area contributed by atoms with Crippen molar-refractivity contribution in [2.75, 3.05) is 4.90 Å². The Hall–Kier alpha value is -3.68. The fraction of sp³-hybridized carbons (Fsp3) is 0.200. The van der Waals surface area contributed by atoms with E-state index in [1.54, 1.807) is 11.4 Å². The third-order valence-corrected chi connectivity index (χ3v) is 11.7. The molecule has 2 aliphatic heterocycles. The van der Waals surface area contributed by atoms with Crippen LogP contribution in [0.1, 0.15) is 11.5 Å². The van der Waals surface area contributed by atoms with E-state index in [0.29, 0.717) is 23.2 Å². The van der Waals surface area contributed by atoms with E-state index >= 15 is 0 Å². The fourth-order valence-electron chi connectivity index (χ4n) is 6.17. The lowest BCUT2D eigenvalue weighted by atomic mass is 9.86. The number of allylic oxidation sites excluding steroid dienone is 5. The van der Waals surface area contributed by atoms with E-state index < -0.39 is 8.80 Å². The van der Waals surface area contributed by atoms with E-state index in [-0.39, 0.29) is 11.8 Å². The first-order valence-corrected chi connectivity index (χ1v) is 14.0. The zero-order chi connectivity index (χ0) is 22.9. The number of fused-ring (bicyclic) bond motifs is 2. The highest BCUT2D eigenvalue weighted by Gasteiger charge is 2.48. The third-order valence-electron chi connectivity index (χ3n) is 7.67. The van der Waals surface area contributed by atoms with Crippen LogP contribution in [0.4, 0.5) is 5.69 Å². The second-order valence-electron chi connectivity index (χ2n) is 9.43. The summed E-state index contributed by atoms with van der Waals surface area (Å²) in [6.07, 6.45) is 24.2. The first-order chi connectivity index (χ1) is 16.8. The Bertz CT molecular complexity index is 1240. The Morgan fingerprint density at radius 3 is 2.21 bits per heavy atom. The minimum Gasteiger partial charge on any atom is -0.358 e. The molecule has 34 heavy (non-hydrogen) atoms. The van der Waals surface area contributed by atoms with Crippen molar-refractivity contribution in [2.24, 2.45) is 10.9 Å². The van der Waals surface area contributed by atoms with Crippen LogP contribution >= 0.6 is 0 Å². The summed E-state index contributed by atoms with van der Waals surface area (Å²) < 4.78 is 0. The van der Waals surface area contributed by atoms with Crippen LogP contribution in [0, 0.1) is 17.2 Å². The summed E-state index contributed by atoms with van der Waals surface area (Å²) in [5.74, 6) is -0.194. The maximum Gasteiger partial charge on any atom is 0.0896 e. The summed E-state index contributed by atoms with van der Waals surface area (Å²) in [6.45, 7) is 0. The van der Waals surface area contributed by atoms with E-state index in [0.717, 1.165) is 5.56 Å². The standard InChI is InChI=1S/C30H27N3Si/c31-20-23-17-18-32-21-26(23)22-9-8-10-24(19-22)33-27-13-4-6-15-29(27)34(25-11-2-1-3-12-25)30-16-7-5-14-28(30)33/h1-19,21,23,26-30,34H. The number of rotatable bonds is 3. The van der Waals surface area contributed by atoms with E-state index in [2.05, 4.69) is 119 Å². The Labute approximate surface area is 203 Å². The monoisotopic (exact) mass is 457 g/mol. The van der Waals surface area contributed by atoms with Gasteiger partial charge in [-0.2, -0.15) is 5.26 Å². The molecule has 0 N–H and O–H groups in total. The van der Waals surface area contributed by atoms with Crippen molar-refractivity contribution < 1.29 is 0 Å². The van der Waals surface area contributed by atoms with E-state index in [1.807, 2.05) is 12.3 Å². The Morgan fingerprint density at radius 2 is 1.50 bits per heavy atom. The lowest BCUT2D eigenvalue weighted by molar-refractivity contribution is 0.569. The van der Waals surface area contributed by atoms with Crippen molar-refractivity contribution >= 4 is 25.9 Å². The molecule has 166 valence electrons. The van der Waals surface area contributed by atoms with Crippen LogP contribution < -0.4 is 10.1 Å². The van der Waals surface area contributed by atoms with E-state index in [9.17, 15) is 5.26 Å². The van der Waals surface area contributed by atoms with Crippen LogP contribution in [0.15, 0.2) is 120 Å². The van der Waals surface area contributed by atoms with E-state index in [4.69, 9.17) is 0 Å². The van der Waals surface area contributed by atoms with Gasteiger partial charge in [0, 0.05) is 24.0 Å². The molecule has 1 fully saturated rings. The molecule has 4 aliphatic rings. The summed E-state index contributed by atoms with van der Waals surface area (Å²) in [5.41, 5.74) is 3.40. The highest BCUT2D eigenvalue weighted by molar-refractivity contribution is 6.77. The van der Waals surface area contributed by atoms with Crippen LogP contribution in [0.25, 0.3) is 0 Å². The van der Waals surface area contributed by atoms with Crippen LogP contribution in [0.5, 0.6) is 0 Å². The van der Waals surface area contributed by atoms with Gasteiger partial charge in [0.2, 0.25) is 0 Å². The van der Waals surface area contributed by atoms with Gasteiger partial charge in [-0.15, -0.1) is 0 Å². The van der Waals surface area contributed by atoms with Crippen molar-refractivity contribution in [2.45, 2.75) is 29.1 Å². The van der Waals surface area contributed by atoms with Gasteiger partial charge in [-0.25, -0.2) is 0 Å². The topological polar surface area (TPSA) is 39.4 Å². The molecular formula is C30H27N3Si. The van der Waals surface area contributed by atoms with Gasteiger partial charge in [0.25, 0.3) is 0 Å². The minimum absolute atomic E-state index is 0.0126. The quantitative estimate of drug-likeness (QED) is 0.595. The highest BCUT2D eigenvalue weighted by Crippen LogP contribution is 2.46. The molecule has 3 nitrogen and oxygen atoms in total. The molecule has 6 rings (SSSR count). The second-order valence-corrected chi connectivity index (χ2v) is 12.7. The number of nitriles is 1. The minimum atomic E-state index is -1.37. The smallest absolute Gasteiger partial charge is 0.0896 e. The van der Waals surface area contributed by atoms with Gasteiger partial charge in [-0.3, -0.25) is 4.99 Å². The van der Waals surface area contributed by atoms with Crippen LogP contribution in [0.2, 0.25) is 11.1 Å². The van der Waals surface area contributed by atoms with Crippen molar-refractivity contribution in [1.29, 1.82) is 5.26 Å². The summed E-state index contributed by atoms with van der Waals surface area (Å²) >= 11 is 0. The molecule has 2 heterocycles. The molecule has 0 radical (unpaired) electrons. The number of hydrogen-bond acceptors (Lipinski definition) is 3. The predicted octanol–water partition coefficient (Wildman–Crippen LogP) is 5.19. The first-order valence-electron chi connectivity index (χ1n) is 12.1. The van der Waals surface area contributed by atoms with Crippen molar-refractivity contribution in [3.8, 4) is 6.07 Å². The number of benzene rings is 2. The third kappa shape index (κ3) is 3.53. The van der Waals surface area contributed by atoms with Crippen molar-refractivity contribution in [1.82, 2.24) is 0 Å². The summed E-state index contributed by atoms with van der Waals surface area (Å²) in [7, 11) is -1.37. The normalized spacial score (nSPS) is 32.8. The Kier molecular flexibility index (Phi) is 5.48. The van der Waals surface area contributed by atoms with Gasteiger partial charge in [0.05, 0.1) is 32.9 Å². The van der Waals surface area contributed by atoms with Gasteiger partial charge in [0.15, 0.2) is 0 Å². The van der Waals surface area contributed by atoms with E-state index in [1.165, 1.54) is 5.69 Å². The number of aliphatic imine (C=N–C) groups is 1. The lowest BCUT2D eigenvalue weighted by Crippen LogP contribution is -2.61. The van der Waals surface area contributed by atoms with Crippen molar-refractivity contribution in [3.63, 3.8) is 0 Å². The molecule has 0 aromatic heterocycles. The highest BCUT2D eigenvalue weighted by atomic mass is 28.3. The van der Waals surface area contributed by atoms with Gasteiger partial charge in [0.1, 0.15) is 0 Å². The van der Waals surface area contributed by atoms with Gasteiger partial charge >= 0.3 is 0 Å². The summed E-state index contributed by atoms with van der Waals surface area (Å²) in [5, 5.41) is 11.2. The molecule has 2 aromatic rings. The molecule has 0 amide bonds. The number of nitrogens with zero attached hydrogens (tertiary/aromatic N) is 3. The number of anilines is 1. The average Bonchev–Trinajstić information content (AvgIpc) is 2.92. The molecule has 4 heteroatoms. The summed E-state index contributed by atoms with van der Waals surface area (Å²) in [6, 6.07) is 23.1. The molecule has 2 aliphatic carbocycles. The molecule has 6 unspecified atom stereocenters. The lowest BCUT2D eigenvalue weighted by Gasteiger charge is -2.53. The van der Waals surface area contributed by atoms with Crippen LogP contribution in [-0.4, -0.2) is 27.1 Å². The van der Waals surface area contributed by atoms with Gasteiger partial charge in [-0.1, -0.05) is 96.3 Å². The fourth-order valence-corrected chi connectivity index (χ4v) is 10.5. The van der Waals surface area contributed by atoms with Crippen LogP contribution in [0.3, 0.4) is 0 Å². The zero-order valence-corrected chi connectivity index (χ0v) is 20.1. The molecule has 6 atom stereocenters. The molecule has 2 aromatic carbocycles.